The monoisotopic (exact) mass is 357 g/mol. The minimum Gasteiger partial charge on any atom is -0.350 e. The van der Waals surface area contributed by atoms with Crippen LogP contribution in [0.4, 0.5) is 4.39 Å². The van der Waals surface area contributed by atoms with E-state index in [2.05, 4.69) is 10.3 Å². The molecule has 2 heterocycles. The van der Waals surface area contributed by atoms with Gasteiger partial charge in [0.2, 0.25) is 5.91 Å². The minimum absolute atomic E-state index is 0.147. The fourth-order valence-corrected chi connectivity index (χ4v) is 3.44. The molecular formula is C19H20FN3OS. The molecule has 4 nitrogen and oxygen atoms in total. The molecule has 0 bridgehead atoms. The number of amides is 1. The lowest BCUT2D eigenvalue weighted by atomic mass is 10.2. The topological polar surface area (TPSA) is 46.9 Å². The third kappa shape index (κ3) is 3.79. The van der Waals surface area contributed by atoms with E-state index in [0.29, 0.717) is 5.56 Å². The molecule has 3 aromatic rings. The summed E-state index contributed by atoms with van der Waals surface area (Å²) in [5, 5.41) is 5.83. The summed E-state index contributed by atoms with van der Waals surface area (Å²) in [6.45, 7) is 6.32. The van der Waals surface area contributed by atoms with Gasteiger partial charge in [-0.15, -0.1) is 11.3 Å². The fraction of sp³-hybridized carbons (Fsp3) is 0.263. The largest absolute Gasteiger partial charge is 0.350 e. The zero-order chi connectivity index (χ0) is 18.0. The Kier molecular flexibility index (Phi) is 4.99. The van der Waals surface area contributed by atoms with Crippen LogP contribution < -0.4 is 5.32 Å². The molecule has 0 aliphatic rings. The van der Waals surface area contributed by atoms with Crippen LogP contribution in [0.3, 0.4) is 0 Å². The Bertz CT molecular complexity index is 913. The van der Waals surface area contributed by atoms with E-state index in [1.165, 1.54) is 6.07 Å². The van der Waals surface area contributed by atoms with E-state index in [0.717, 1.165) is 27.7 Å². The van der Waals surface area contributed by atoms with Gasteiger partial charge in [0.05, 0.1) is 10.7 Å². The maximum Gasteiger partial charge on any atom is 0.240 e. The summed E-state index contributed by atoms with van der Waals surface area (Å²) in [6.07, 6.45) is 0. The molecule has 3 rings (SSSR count). The maximum absolute atomic E-state index is 13.6. The Morgan fingerprint density at radius 3 is 2.72 bits per heavy atom. The Morgan fingerprint density at radius 2 is 2.04 bits per heavy atom. The highest BCUT2D eigenvalue weighted by atomic mass is 32.1. The van der Waals surface area contributed by atoms with Gasteiger partial charge in [0.1, 0.15) is 12.4 Å². The molecule has 0 aliphatic heterocycles. The van der Waals surface area contributed by atoms with E-state index in [4.69, 9.17) is 0 Å². The van der Waals surface area contributed by atoms with Crippen LogP contribution in [0.25, 0.3) is 11.3 Å². The van der Waals surface area contributed by atoms with Crippen molar-refractivity contribution in [1.29, 1.82) is 0 Å². The van der Waals surface area contributed by atoms with Gasteiger partial charge < -0.3 is 9.88 Å². The lowest BCUT2D eigenvalue weighted by Crippen LogP contribution is -2.28. The first-order valence-corrected chi connectivity index (χ1v) is 8.93. The van der Waals surface area contributed by atoms with Gasteiger partial charge in [-0.05, 0) is 32.9 Å². The Morgan fingerprint density at radius 1 is 1.28 bits per heavy atom. The Balaban J connectivity index is 1.71. The highest BCUT2D eigenvalue weighted by Crippen LogP contribution is 2.27. The quantitative estimate of drug-likeness (QED) is 0.750. The van der Waals surface area contributed by atoms with Crippen molar-refractivity contribution in [3.63, 3.8) is 0 Å². The molecule has 2 aromatic heterocycles. The number of aromatic nitrogens is 2. The summed E-state index contributed by atoms with van der Waals surface area (Å²) < 4.78 is 15.6. The summed E-state index contributed by atoms with van der Waals surface area (Å²) >= 11 is 1.61. The highest BCUT2D eigenvalue weighted by Gasteiger charge is 2.15. The molecule has 25 heavy (non-hydrogen) atoms. The third-order valence-corrected chi connectivity index (χ3v) is 4.98. The van der Waals surface area contributed by atoms with E-state index in [1.807, 2.05) is 36.8 Å². The zero-order valence-corrected chi connectivity index (χ0v) is 15.3. The first-order valence-electron chi connectivity index (χ1n) is 8.05. The van der Waals surface area contributed by atoms with Gasteiger partial charge >= 0.3 is 0 Å². The molecule has 0 saturated heterocycles. The lowest BCUT2D eigenvalue weighted by molar-refractivity contribution is -0.121. The smallest absolute Gasteiger partial charge is 0.240 e. The molecule has 1 N–H and O–H groups in total. The molecule has 0 fully saturated rings. The van der Waals surface area contributed by atoms with Gasteiger partial charge in [-0.2, -0.15) is 0 Å². The van der Waals surface area contributed by atoms with Gasteiger partial charge in [0.15, 0.2) is 0 Å². The predicted octanol–water partition coefficient (Wildman–Crippen LogP) is 3.99. The third-order valence-electron chi connectivity index (χ3n) is 4.20. The average molecular weight is 357 g/mol. The number of benzene rings is 1. The summed E-state index contributed by atoms with van der Waals surface area (Å²) in [6, 6.07) is 8.50. The molecule has 0 saturated carbocycles. The number of aryl methyl sites for hydroxylation is 2. The first kappa shape index (κ1) is 17.4. The summed E-state index contributed by atoms with van der Waals surface area (Å²) in [5.41, 5.74) is 4.47. The van der Waals surface area contributed by atoms with Gasteiger partial charge in [-0.1, -0.05) is 18.2 Å². The van der Waals surface area contributed by atoms with E-state index in [9.17, 15) is 9.18 Å². The van der Waals surface area contributed by atoms with Crippen LogP contribution in [0, 0.1) is 26.6 Å². The molecule has 1 amide bonds. The molecular weight excluding hydrogens is 337 g/mol. The normalized spacial score (nSPS) is 10.9. The number of nitrogens with zero attached hydrogens (tertiary/aromatic N) is 2. The van der Waals surface area contributed by atoms with Crippen LogP contribution in [-0.2, 0) is 17.9 Å². The van der Waals surface area contributed by atoms with E-state index < -0.39 is 0 Å². The number of carbonyl (C=O) groups excluding carboxylic acids is 1. The van der Waals surface area contributed by atoms with Crippen molar-refractivity contribution in [2.24, 2.45) is 0 Å². The standard InChI is InChI=1S/C19H20FN3OS/c1-12-8-16(18-11-25-14(3)22-18)13(2)23(12)10-19(24)21-9-15-6-4-5-7-17(15)20/h4-8,11H,9-10H2,1-3H3,(H,21,24). The van der Waals surface area contributed by atoms with Crippen molar-refractivity contribution in [2.45, 2.75) is 33.9 Å². The Labute approximate surface area is 150 Å². The second kappa shape index (κ2) is 7.19. The molecule has 130 valence electrons. The highest BCUT2D eigenvalue weighted by molar-refractivity contribution is 7.09. The second-order valence-corrected chi connectivity index (χ2v) is 7.05. The van der Waals surface area contributed by atoms with E-state index >= 15 is 0 Å². The molecule has 0 unspecified atom stereocenters. The molecule has 0 radical (unpaired) electrons. The lowest BCUT2D eigenvalue weighted by Gasteiger charge is -2.11. The number of carbonyl (C=O) groups is 1. The summed E-state index contributed by atoms with van der Waals surface area (Å²) in [4.78, 5) is 16.8. The molecule has 0 spiro atoms. The van der Waals surface area contributed by atoms with Crippen LogP contribution in [0.2, 0.25) is 0 Å². The second-order valence-electron chi connectivity index (χ2n) is 5.99. The number of hydrogen-bond acceptors (Lipinski definition) is 3. The minimum atomic E-state index is -0.308. The summed E-state index contributed by atoms with van der Waals surface area (Å²) in [7, 11) is 0. The number of rotatable bonds is 5. The van der Waals surface area contributed by atoms with Crippen LogP contribution in [0.5, 0.6) is 0 Å². The van der Waals surface area contributed by atoms with E-state index in [-0.39, 0.29) is 24.8 Å². The number of halogens is 1. The zero-order valence-electron chi connectivity index (χ0n) is 14.5. The van der Waals surface area contributed by atoms with Crippen molar-refractivity contribution in [2.75, 3.05) is 0 Å². The maximum atomic E-state index is 13.6. The van der Waals surface area contributed by atoms with Gasteiger partial charge in [-0.25, -0.2) is 9.37 Å². The van der Waals surface area contributed by atoms with Crippen LogP contribution in [-0.4, -0.2) is 15.5 Å². The molecule has 0 aliphatic carbocycles. The van der Waals surface area contributed by atoms with Crippen molar-refractivity contribution in [3.8, 4) is 11.3 Å². The molecule has 0 atom stereocenters. The molecule has 6 heteroatoms. The van der Waals surface area contributed by atoms with Crippen molar-refractivity contribution in [1.82, 2.24) is 14.9 Å². The van der Waals surface area contributed by atoms with Crippen LogP contribution in [0.1, 0.15) is 22.0 Å². The van der Waals surface area contributed by atoms with Crippen LogP contribution >= 0.6 is 11.3 Å². The summed E-state index contributed by atoms with van der Waals surface area (Å²) in [5.74, 6) is -0.455. The van der Waals surface area contributed by atoms with Crippen molar-refractivity contribution < 1.29 is 9.18 Å². The number of nitrogens with one attached hydrogen (secondary N) is 1. The van der Waals surface area contributed by atoms with Crippen LogP contribution in [0.15, 0.2) is 35.7 Å². The average Bonchev–Trinajstić information content (AvgIpc) is 3.12. The first-order chi connectivity index (χ1) is 12.0. The van der Waals surface area contributed by atoms with E-state index in [1.54, 1.807) is 29.5 Å². The predicted molar refractivity (Wildman–Crippen MR) is 98.0 cm³/mol. The van der Waals surface area contributed by atoms with Gasteiger partial charge in [-0.3, -0.25) is 4.79 Å². The number of hydrogen-bond donors (Lipinski definition) is 1. The van der Waals surface area contributed by atoms with Gasteiger partial charge in [0.25, 0.3) is 0 Å². The van der Waals surface area contributed by atoms with Gasteiger partial charge in [0, 0.05) is 34.4 Å². The Hall–Kier alpha value is -2.47. The number of thiazole rings is 1. The van der Waals surface area contributed by atoms with Crippen molar-refractivity contribution >= 4 is 17.2 Å². The fourth-order valence-electron chi connectivity index (χ4n) is 2.83. The molecule has 1 aromatic carbocycles. The SMILES string of the molecule is Cc1nc(-c2cc(C)n(CC(=O)NCc3ccccc3F)c2C)cs1. The van der Waals surface area contributed by atoms with Crippen molar-refractivity contribution in [3.05, 3.63) is 63.5 Å².